The number of fused-ring (bicyclic) bond motifs is 1. The van der Waals surface area contributed by atoms with Gasteiger partial charge >= 0.3 is 0 Å². The molecule has 0 saturated heterocycles. The molecule has 0 bridgehead atoms. The number of hydrogen-bond acceptors (Lipinski definition) is 3. The molecule has 2 nitrogen and oxygen atoms in total. The van der Waals surface area contributed by atoms with Crippen LogP contribution < -0.4 is 10.6 Å². The Morgan fingerprint density at radius 2 is 2.29 bits per heavy atom. The zero-order chi connectivity index (χ0) is 9.97. The lowest BCUT2D eigenvalue weighted by atomic mass is 10.2. The van der Waals surface area contributed by atoms with Gasteiger partial charge in [-0.05, 0) is 19.1 Å². The quantitative estimate of drug-likeness (QED) is 0.805. The van der Waals surface area contributed by atoms with E-state index in [9.17, 15) is 0 Å². The van der Waals surface area contributed by atoms with E-state index in [1.165, 1.54) is 10.6 Å². The number of thioether (sulfide) groups is 1. The molecule has 1 aliphatic rings. The van der Waals surface area contributed by atoms with E-state index in [1.807, 2.05) is 11.8 Å². The maximum atomic E-state index is 5.63. The van der Waals surface area contributed by atoms with Crippen LogP contribution in [0.5, 0.6) is 0 Å². The van der Waals surface area contributed by atoms with Crippen LogP contribution in [-0.2, 0) is 0 Å². The SMILES string of the molecule is CC1CSc2ccccc2N1CCN. The highest BCUT2D eigenvalue weighted by atomic mass is 32.2. The van der Waals surface area contributed by atoms with Crippen molar-refractivity contribution >= 4 is 17.4 Å². The standard InChI is InChI=1S/C11H16N2S/c1-9-8-14-11-5-3-2-4-10(11)13(9)7-6-12/h2-5,9H,6-8,12H2,1H3. The van der Waals surface area contributed by atoms with Gasteiger partial charge in [0.25, 0.3) is 0 Å². The first-order valence-electron chi connectivity index (χ1n) is 5.01. The number of hydrogen-bond donors (Lipinski definition) is 1. The Labute approximate surface area is 89.5 Å². The fourth-order valence-corrected chi connectivity index (χ4v) is 2.94. The molecule has 0 saturated carbocycles. The van der Waals surface area contributed by atoms with Crippen molar-refractivity contribution in [2.45, 2.75) is 17.9 Å². The second-order valence-electron chi connectivity index (χ2n) is 3.61. The molecule has 0 aromatic heterocycles. The minimum absolute atomic E-state index is 0.596. The predicted molar refractivity (Wildman–Crippen MR) is 63.0 cm³/mol. The number of anilines is 1. The average Bonchev–Trinajstić information content (AvgIpc) is 2.23. The first-order valence-corrected chi connectivity index (χ1v) is 6.00. The molecule has 3 heteroatoms. The van der Waals surface area contributed by atoms with Gasteiger partial charge in [0.2, 0.25) is 0 Å². The van der Waals surface area contributed by atoms with Crippen molar-refractivity contribution in [2.75, 3.05) is 23.7 Å². The van der Waals surface area contributed by atoms with Crippen molar-refractivity contribution in [3.8, 4) is 0 Å². The minimum atomic E-state index is 0.596. The summed E-state index contributed by atoms with van der Waals surface area (Å²) in [5.41, 5.74) is 6.98. The first-order chi connectivity index (χ1) is 6.83. The van der Waals surface area contributed by atoms with Gasteiger partial charge < -0.3 is 10.6 Å². The highest BCUT2D eigenvalue weighted by Gasteiger charge is 2.21. The third kappa shape index (κ3) is 1.74. The number of nitrogens with two attached hydrogens (primary N) is 1. The fraction of sp³-hybridized carbons (Fsp3) is 0.455. The van der Waals surface area contributed by atoms with Crippen molar-refractivity contribution in [3.05, 3.63) is 24.3 Å². The molecule has 1 unspecified atom stereocenters. The zero-order valence-electron chi connectivity index (χ0n) is 8.44. The van der Waals surface area contributed by atoms with E-state index in [0.717, 1.165) is 18.8 Å². The molecular weight excluding hydrogens is 192 g/mol. The normalized spacial score (nSPS) is 20.7. The molecular formula is C11H16N2S. The summed E-state index contributed by atoms with van der Waals surface area (Å²) in [6.45, 7) is 3.95. The lowest BCUT2D eigenvalue weighted by Crippen LogP contribution is -2.40. The predicted octanol–water partition coefficient (Wildman–Crippen LogP) is 1.95. The molecule has 14 heavy (non-hydrogen) atoms. The van der Waals surface area contributed by atoms with Crippen LogP contribution >= 0.6 is 11.8 Å². The second kappa shape index (κ2) is 4.24. The molecule has 0 spiro atoms. The van der Waals surface area contributed by atoms with Gasteiger partial charge in [0.1, 0.15) is 0 Å². The van der Waals surface area contributed by atoms with Crippen LogP contribution in [-0.4, -0.2) is 24.9 Å². The minimum Gasteiger partial charge on any atom is -0.366 e. The van der Waals surface area contributed by atoms with E-state index >= 15 is 0 Å². The molecule has 1 aliphatic heterocycles. The van der Waals surface area contributed by atoms with Crippen LogP contribution in [0.15, 0.2) is 29.2 Å². The molecule has 1 heterocycles. The summed E-state index contributed by atoms with van der Waals surface area (Å²) in [5.74, 6) is 1.16. The van der Waals surface area contributed by atoms with E-state index in [1.54, 1.807) is 0 Å². The van der Waals surface area contributed by atoms with Gasteiger partial charge in [0.05, 0.1) is 5.69 Å². The van der Waals surface area contributed by atoms with E-state index in [0.29, 0.717) is 6.04 Å². The number of benzene rings is 1. The van der Waals surface area contributed by atoms with Gasteiger partial charge in [-0.3, -0.25) is 0 Å². The second-order valence-corrected chi connectivity index (χ2v) is 4.67. The molecule has 2 rings (SSSR count). The Morgan fingerprint density at radius 1 is 1.50 bits per heavy atom. The largest absolute Gasteiger partial charge is 0.366 e. The Morgan fingerprint density at radius 3 is 3.07 bits per heavy atom. The summed E-state index contributed by atoms with van der Waals surface area (Å²) in [6, 6.07) is 9.17. The van der Waals surface area contributed by atoms with E-state index in [-0.39, 0.29) is 0 Å². The van der Waals surface area contributed by atoms with Crippen LogP contribution in [0.1, 0.15) is 6.92 Å². The van der Waals surface area contributed by atoms with Crippen molar-refractivity contribution in [2.24, 2.45) is 5.73 Å². The van der Waals surface area contributed by atoms with Gasteiger partial charge in [0, 0.05) is 29.8 Å². The van der Waals surface area contributed by atoms with Crippen LogP contribution in [0, 0.1) is 0 Å². The third-order valence-electron chi connectivity index (χ3n) is 2.56. The third-order valence-corrected chi connectivity index (χ3v) is 3.86. The van der Waals surface area contributed by atoms with Crippen molar-refractivity contribution in [1.29, 1.82) is 0 Å². The number of rotatable bonds is 2. The lowest BCUT2D eigenvalue weighted by molar-refractivity contribution is 0.678. The zero-order valence-corrected chi connectivity index (χ0v) is 9.26. The summed E-state index contributed by atoms with van der Waals surface area (Å²) in [6.07, 6.45) is 0. The number of nitrogens with zero attached hydrogens (tertiary/aromatic N) is 1. The maximum Gasteiger partial charge on any atom is 0.0507 e. The van der Waals surface area contributed by atoms with Gasteiger partial charge in [-0.2, -0.15) is 0 Å². The Balaban J connectivity index is 2.31. The molecule has 0 radical (unpaired) electrons. The molecule has 1 aromatic carbocycles. The molecule has 0 amide bonds. The molecule has 1 aromatic rings. The van der Waals surface area contributed by atoms with Crippen molar-refractivity contribution in [3.63, 3.8) is 0 Å². The molecule has 2 N–H and O–H groups in total. The van der Waals surface area contributed by atoms with Crippen molar-refractivity contribution in [1.82, 2.24) is 0 Å². The monoisotopic (exact) mass is 208 g/mol. The Bertz CT molecular complexity index is 314. The lowest BCUT2D eigenvalue weighted by Gasteiger charge is -2.36. The van der Waals surface area contributed by atoms with Gasteiger partial charge in [-0.25, -0.2) is 0 Å². The highest BCUT2D eigenvalue weighted by Crippen LogP contribution is 2.36. The maximum absolute atomic E-state index is 5.63. The summed E-state index contributed by atoms with van der Waals surface area (Å²) in [4.78, 5) is 3.80. The summed E-state index contributed by atoms with van der Waals surface area (Å²) >= 11 is 1.94. The Kier molecular flexibility index (Phi) is 2.99. The molecule has 1 atom stereocenters. The molecule has 0 fully saturated rings. The van der Waals surface area contributed by atoms with Crippen LogP contribution in [0.4, 0.5) is 5.69 Å². The van der Waals surface area contributed by atoms with Gasteiger partial charge in [-0.1, -0.05) is 12.1 Å². The number of para-hydroxylation sites is 1. The van der Waals surface area contributed by atoms with Crippen LogP contribution in [0.25, 0.3) is 0 Å². The Hall–Kier alpha value is -0.670. The van der Waals surface area contributed by atoms with Gasteiger partial charge in [-0.15, -0.1) is 11.8 Å². The fourth-order valence-electron chi connectivity index (χ4n) is 1.83. The van der Waals surface area contributed by atoms with E-state index < -0.39 is 0 Å². The summed E-state index contributed by atoms with van der Waals surface area (Å²) < 4.78 is 0. The van der Waals surface area contributed by atoms with Gasteiger partial charge in [0.15, 0.2) is 0 Å². The van der Waals surface area contributed by atoms with E-state index in [2.05, 4.69) is 36.1 Å². The van der Waals surface area contributed by atoms with Crippen LogP contribution in [0.3, 0.4) is 0 Å². The topological polar surface area (TPSA) is 29.3 Å². The average molecular weight is 208 g/mol. The van der Waals surface area contributed by atoms with Crippen LogP contribution in [0.2, 0.25) is 0 Å². The van der Waals surface area contributed by atoms with Crippen molar-refractivity contribution < 1.29 is 0 Å². The smallest absolute Gasteiger partial charge is 0.0507 e. The highest BCUT2D eigenvalue weighted by molar-refractivity contribution is 7.99. The molecule has 76 valence electrons. The first kappa shape index (κ1) is 9.87. The molecule has 0 aliphatic carbocycles. The van der Waals surface area contributed by atoms with E-state index in [4.69, 9.17) is 5.73 Å². The summed E-state index contributed by atoms with van der Waals surface area (Å²) in [7, 11) is 0. The summed E-state index contributed by atoms with van der Waals surface area (Å²) in [5, 5.41) is 0.